The highest BCUT2D eigenvalue weighted by atomic mass is 35.5. The van der Waals surface area contributed by atoms with Crippen LogP contribution < -0.4 is 16.0 Å². The number of benzene rings is 1. The molecule has 1 fully saturated rings. The second-order valence-corrected chi connectivity index (χ2v) is 6.88. The van der Waals surface area contributed by atoms with Gasteiger partial charge in [0.2, 0.25) is 5.95 Å². The predicted octanol–water partition coefficient (Wildman–Crippen LogP) is 3.43. The molecule has 0 radical (unpaired) electrons. The Kier molecular flexibility index (Phi) is 5.00. The minimum absolute atomic E-state index is 0.0393. The van der Waals surface area contributed by atoms with Crippen molar-refractivity contribution in [3.05, 3.63) is 41.1 Å². The topological polar surface area (TPSA) is 87.7 Å². The Bertz CT molecular complexity index is 975. The lowest BCUT2D eigenvalue weighted by Crippen LogP contribution is -2.35. The standard InChI is InChI=1S/C18H19ClFN7/c1-10-15-16(27-18(24-10)26-11-4-6-21-7-5-11)17(23-9-22-15)25-12-2-3-14(20)13(19)8-12/h2-3,8-9,11,21H,4-7H2,1H3,(H,22,23,25)(H,24,26,27). The molecule has 9 heteroatoms. The Morgan fingerprint density at radius 1 is 1.15 bits per heavy atom. The average molecular weight is 388 g/mol. The largest absolute Gasteiger partial charge is 0.351 e. The molecule has 7 nitrogen and oxygen atoms in total. The molecule has 0 bridgehead atoms. The number of fused-ring (bicyclic) bond motifs is 1. The van der Waals surface area contributed by atoms with Crippen LogP contribution in [0, 0.1) is 12.7 Å². The van der Waals surface area contributed by atoms with Crippen LogP contribution in [0.5, 0.6) is 0 Å². The van der Waals surface area contributed by atoms with Crippen molar-refractivity contribution >= 4 is 40.1 Å². The number of anilines is 3. The van der Waals surface area contributed by atoms with Crippen molar-refractivity contribution in [3.8, 4) is 0 Å². The Labute approximate surface area is 160 Å². The number of piperidine rings is 1. The summed E-state index contributed by atoms with van der Waals surface area (Å²) in [6, 6.07) is 4.74. The minimum Gasteiger partial charge on any atom is -0.351 e. The predicted molar refractivity (Wildman–Crippen MR) is 104 cm³/mol. The van der Waals surface area contributed by atoms with Crippen molar-refractivity contribution in [3.63, 3.8) is 0 Å². The highest BCUT2D eigenvalue weighted by Crippen LogP contribution is 2.26. The molecule has 0 unspecified atom stereocenters. The van der Waals surface area contributed by atoms with Crippen LogP contribution in [-0.2, 0) is 0 Å². The van der Waals surface area contributed by atoms with Gasteiger partial charge in [-0.1, -0.05) is 11.6 Å². The van der Waals surface area contributed by atoms with Crippen LogP contribution >= 0.6 is 11.6 Å². The van der Waals surface area contributed by atoms with Crippen LogP contribution in [0.3, 0.4) is 0 Å². The number of halogens is 2. The fraction of sp³-hybridized carbons (Fsp3) is 0.333. The highest BCUT2D eigenvalue weighted by molar-refractivity contribution is 6.31. The molecule has 0 amide bonds. The highest BCUT2D eigenvalue weighted by Gasteiger charge is 2.16. The lowest BCUT2D eigenvalue weighted by atomic mass is 10.1. The van der Waals surface area contributed by atoms with E-state index in [0.717, 1.165) is 31.6 Å². The zero-order valence-electron chi connectivity index (χ0n) is 14.8. The number of nitrogens with zero attached hydrogens (tertiary/aromatic N) is 4. The summed E-state index contributed by atoms with van der Waals surface area (Å²) < 4.78 is 13.4. The van der Waals surface area contributed by atoms with E-state index in [1.807, 2.05) is 6.92 Å². The second-order valence-electron chi connectivity index (χ2n) is 6.47. The van der Waals surface area contributed by atoms with Gasteiger partial charge in [0.05, 0.1) is 10.7 Å². The van der Waals surface area contributed by atoms with E-state index >= 15 is 0 Å². The third-order valence-corrected chi connectivity index (χ3v) is 4.80. The second kappa shape index (κ2) is 7.58. The maximum Gasteiger partial charge on any atom is 0.223 e. The zero-order valence-corrected chi connectivity index (χ0v) is 15.5. The van der Waals surface area contributed by atoms with Crippen molar-refractivity contribution in [1.29, 1.82) is 0 Å². The fourth-order valence-electron chi connectivity index (χ4n) is 3.11. The van der Waals surface area contributed by atoms with E-state index in [-0.39, 0.29) is 5.02 Å². The maximum atomic E-state index is 13.4. The van der Waals surface area contributed by atoms with Gasteiger partial charge in [0.1, 0.15) is 23.2 Å². The van der Waals surface area contributed by atoms with Gasteiger partial charge in [0, 0.05) is 11.7 Å². The maximum absolute atomic E-state index is 13.4. The Morgan fingerprint density at radius 2 is 1.96 bits per heavy atom. The van der Waals surface area contributed by atoms with E-state index < -0.39 is 5.82 Å². The van der Waals surface area contributed by atoms with Gasteiger partial charge in [-0.3, -0.25) is 0 Å². The van der Waals surface area contributed by atoms with E-state index in [1.165, 1.54) is 18.5 Å². The van der Waals surface area contributed by atoms with Crippen LogP contribution in [-0.4, -0.2) is 39.1 Å². The molecule has 1 aliphatic rings. The van der Waals surface area contributed by atoms with Crippen molar-refractivity contribution in [2.45, 2.75) is 25.8 Å². The summed E-state index contributed by atoms with van der Waals surface area (Å²) in [4.78, 5) is 17.8. The Balaban J connectivity index is 1.68. The van der Waals surface area contributed by atoms with E-state index in [9.17, 15) is 4.39 Å². The SMILES string of the molecule is Cc1nc(NC2CCNCC2)nc2c(Nc3ccc(F)c(Cl)c3)ncnc12. The van der Waals surface area contributed by atoms with Crippen molar-refractivity contribution in [2.24, 2.45) is 0 Å². The molecule has 1 saturated heterocycles. The lowest BCUT2D eigenvalue weighted by molar-refractivity contribution is 0.477. The fourth-order valence-corrected chi connectivity index (χ4v) is 3.29. The molecule has 3 N–H and O–H groups in total. The molecular weight excluding hydrogens is 369 g/mol. The van der Waals surface area contributed by atoms with Gasteiger partial charge in [-0.05, 0) is 51.1 Å². The molecule has 1 aliphatic heterocycles. The number of aryl methyl sites for hydroxylation is 1. The molecule has 0 saturated carbocycles. The Morgan fingerprint density at radius 3 is 2.74 bits per heavy atom. The van der Waals surface area contributed by atoms with Gasteiger partial charge in [-0.25, -0.2) is 24.3 Å². The first-order valence-electron chi connectivity index (χ1n) is 8.79. The smallest absolute Gasteiger partial charge is 0.223 e. The number of hydrogen-bond acceptors (Lipinski definition) is 7. The summed E-state index contributed by atoms with van der Waals surface area (Å²) >= 11 is 5.87. The molecule has 140 valence electrons. The molecule has 0 spiro atoms. The summed E-state index contributed by atoms with van der Waals surface area (Å²) in [5.41, 5.74) is 2.64. The van der Waals surface area contributed by atoms with E-state index in [0.29, 0.717) is 34.5 Å². The summed E-state index contributed by atoms with van der Waals surface area (Å²) in [5.74, 6) is 0.602. The first kappa shape index (κ1) is 17.8. The number of aromatic nitrogens is 4. The van der Waals surface area contributed by atoms with Gasteiger partial charge in [-0.15, -0.1) is 0 Å². The minimum atomic E-state index is -0.471. The monoisotopic (exact) mass is 387 g/mol. The molecule has 3 aromatic rings. The van der Waals surface area contributed by atoms with E-state index in [1.54, 1.807) is 6.07 Å². The summed E-state index contributed by atoms with van der Waals surface area (Å²) in [6.07, 6.45) is 3.49. The van der Waals surface area contributed by atoms with Gasteiger partial charge >= 0.3 is 0 Å². The number of nitrogens with one attached hydrogen (secondary N) is 3. The normalized spacial score (nSPS) is 15.1. The molecule has 0 atom stereocenters. The van der Waals surface area contributed by atoms with Gasteiger partial charge in [0.15, 0.2) is 5.82 Å². The Hall–Kier alpha value is -2.58. The molecule has 3 heterocycles. The van der Waals surface area contributed by atoms with Gasteiger partial charge in [-0.2, -0.15) is 0 Å². The van der Waals surface area contributed by atoms with Crippen molar-refractivity contribution in [2.75, 3.05) is 23.7 Å². The summed E-state index contributed by atoms with van der Waals surface area (Å²) in [7, 11) is 0. The van der Waals surface area contributed by atoms with E-state index in [4.69, 9.17) is 11.6 Å². The molecule has 27 heavy (non-hydrogen) atoms. The van der Waals surface area contributed by atoms with E-state index in [2.05, 4.69) is 35.9 Å². The van der Waals surface area contributed by atoms with Crippen LogP contribution in [0.25, 0.3) is 11.0 Å². The third-order valence-electron chi connectivity index (χ3n) is 4.51. The molecule has 2 aromatic heterocycles. The molecule has 0 aliphatic carbocycles. The van der Waals surface area contributed by atoms with Crippen LogP contribution in [0.1, 0.15) is 18.5 Å². The average Bonchev–Trinajstić information content (AvgIpc) is 2.66. The third kappa shape index (κ3) is 3.91. The van der Waals surface area contributed by atoms with Crippen LogP contribution in [0.2, 0.25) is 5.02 Å². The van der Waals surface area contributed by atoms with Gasteiger partial charge < -0.3 is 16.0 Å². The first-order chi connectivity index (χ1) is 13.1. The first-order valence-corrected chi connectivity index (χ1v) is 9.16. The van der Waals surface area contributed by atoms with Gasteiger partial charge in [0.25, 0.3) is 0 Å². The quantitative estimate of drug-likeness (QED) is 0.632. The summed E-state index contributed by atoms with van der Waals surface area (Å²) in [5, 5.41) is 9.93. The summed E-state index contributed by atoms with van der Waals surface area (Å²) in [6.45, 7) is 3.85. The van der Waals surface area contributed by atoms with Crippen LogP contribution in [0.4, 0.5) is 21.8 Å². The van der Waals surface area contributed by atoms with Crippen LogP contribution in [0.15, 0.2) is 24.5 Å². The zero-order chi connectivity index (χ0) is 18.8. The molecule has 1 aromatic carbocycles. The number of rotatable bonds is 4. The van der Waals surface area contributed by atoms with Crippen molar-refractivity contribution in [1.82, 2.24) is 25.3 Å². The number of hydrogen-bond donors (Lipinski definition) is 3. The molecular formula is C18H19ClFN7. The van der Waals surface area contributed by atoms with Crippen molar-refractivity contribution < 1.29 is 4.39 Å². The molecule has 4 rings (SSSR count). The lowest BCUT2D eigenvalue weighted by Gasteiger charge is -2.23.